The smallest absolute Gasteiger partial charge is 0.335 e. The molecule has 1 fully saturated rings. The summed E-state index contributed by atoms with van der Waals surface area (Å²) < 4.78 is 11.2. The molecule has 2 aromatic carbocycles. The number of carbonyl (C=O) groups is 3. The van der Waals surface area contributed by atoms with Crippen LogP contribution in [0.4, 0.5) is 10.5 Å². The highest BCUT2D eigenvalue weighted by atomic mass is 16.5. The van der Waals surface area contributed by atoms with E-state index in [1.807, 2.05) is 26.8 Å². The number of benzene rings is 2. The summed E-state index contributed by atoms with van der Waals surface area (Å²) in [7, 11) is 0. The SMILES string of the molecule is C=CCOc1ccc(/C=C2\C(=O)NC(=O)N(c3cccc(C)c3C)C2=O)cc1OCC. The molecule has 1 N–H and O–H groups in total. The Labute approximate surface area is 181 Å². The van der Waals surface area contributed by atoms with E-state index in [2.05, 4.69) is 11.9 Å². The van der Waals surface area contributed by atoms with Gasteiger partial charge in [-0.15, -0.1) is 0 Å². The maximum absolute atomic E-state index is 13.1. The zero-order valence-electron chi connectivity index (χ0n) is 17.7. The summed E-state index contributed by atoms with van der Waals surface area (Å²) in [6.45, 7) is 9.90. The number of aryl methyl sites for hydroxylation is 1. The topological polar surface area (TPSA) is 84.9 Å². The third-order valence-electron chi connectivity index (χ3n) is 4.85. The van der Waals surface area contributed by atoms with Crippen LogP contribution in [-0.4, -0.2) is 31.1 Å². The number of carbonyl (C=O) groups excluding carboxylic acids is 3. The molecule has 1 aliphatic rings. The molecule has 0 atom stereocenters. The summed E-state index contributed by atoms with van der Waals surface area (Å²) in [5, 5.41) is 2.25. The molecule has 1 aliphatic heterocycles. The van der Waals surface area contributed by atoms with E-state index in [1.54, 1.807) is 36.4 Å². The van der Waals surface area contributed by atoms with E-state index in [-0.39, 0.29) is 5.57 Å². The molecule has 0 radical (unpaired) electrons. The minimum Gasteiger partial charge on any atom is -0.490 e. The van der Waals surface area contributed by atoms with Crippen molar-refractivity contribution in [2.24, 2.45) is 0 Å². The van der Waals surface area contributed by atoms with E-state index in [0.717, 1.165) is 16.0 Å². The average Bonchev–Trinajstić information content (AvgIpc) is 2.73. The average molecular weight is 420 g/mol. The van der Waals surface area contributed by atoms with Crippen LogP contribution in [0.15, 0.2) is 54.6 Å². The number of hydrogen-bond donors (Lipinski definition) is 1. The molecular weight excluding hydrogens is 396 g/mol. The molecule has 1 saturated heterocycles. The fraction of sp³-hybridized carbons (Fsp3) is 0.208. The van der Waals surface area contributed by atoms with E-state index in [1.165, 1.54) is 6.08 Å². The van der Waals surface area contributed by atoms with Crippen LogP contribution in [0.1, 0.15) is 23.6 Å². The zero-order chi connectivity index (χ0) is 22.5. The van der Waals surface area contributed by atoms with Crippen LogP contribution in [0.3, 0.4) is 0 Å². The van der Waals surface area contributed by atoms with E-state index in [0.29, 0.717) is 36.0 Å². The van der Waals surface area contributed by atoms with Gasteiger partial charge < -0.3 is 9.47 Å². The Kier molecular flexibility index (Phi) is 6.55. The number of anilines is 1. The van der Waals surface area contributed by atoms with Crippen molar-refractivity contribution in [2.75, 3.05) is 18.1 Å². The van der Waals surface area contributed by atoms with Crippen molar-refractivity contribution in [2.45, 2.75) is 20.8 Å². The van der Waals surface area contributed by atoms with E-state index >= 15 is 0 Å². The van der Waals surface area contributed by atoms with Gasteiger partial charge in [0.05, 0.1) is 12.3 Å². The minimum atomic E-state index is -0.774. The molecule has 0 aromatic heterocycles. The molecule has 31 heavy (non-hydrogen) atoms. The lowest BCUT2D eigenvalue weighted by molar-refractivity contribution is -0.122. The standard InChI is InChI=1S/C24H24N2O5/c1-5-12-31-20-11-10-17(14-21(20)30-6-2)13-18-22(27)25-24(29)26(23(18)28)19-9-7-8-15(3)16(19)4/h5,7-11,13-14H,1,6,12H2,2-4H3,(H,25,27,29)/b18-13+. The number of ether oxygens (including phenoxy) is 2. The largest absolute Gasteiger partial charge is 0.490 e. The van der Waals surface area contributed by atoms with Crippen LogP contribution in [0.2, 0.25) is 0 Å². The lowest BCUT2D eigenvalue weighted by Crippen LogP contribution is -2.54. The lowest BCUT2D eigenvalue weighted by Gasteiger charge is -2.28. The van der Waals surface area contributed by atoms with Crippen molar-refractivity contribution in [3.05, 3.63) is 71.3 Å². The Morgan fingerprint density at radius 1 is 1.06 bits per heavy atom. The van der Waals surface area contributed by atoms with Gasteiger partial charge in [-0.2, -0.15) is 0 Å². The molecule has 1 heterocycles. The molecule has 4 amide bonds. The lowest BCUT2D eigenvalue weighted by atomic mass is 10.0. The number of urea groups is 1. The van der Waals surface area contributed by atoms with Crippen molar-refractivity contribution in [1.29, 1.82) is 0 Å². The van der Waals surface area contributed by atoms with Gasteiger partial charge in [0.1, 0.15) is 12.2 Å². The molecule has 0 spiro atoms. The first-order valence-electron chi connectivity index (χ1n) is 9.85. The highest BCUT2D eigenvalue weighted by Gasteiger charge is 2.37. The number of barbiturate groups is 1. The Balaban J connectivity index is 2.01. The number of nitrogens with one attached hydrogen (secondary N) is 1. The van der Waals surface area contributed by atoms with E-state index in [9.17, 15) is 14.4 Å². The van der Waals surface area contributed by atoms with Gasteiger partial charge in [-0.05, 0) is 61.7 Å². The highest BCUT2D eigenvalue weighted by Crippen LogP contribution is 2.31. The second-order valence-corrected chi connectivity index (χ2v) is 6.92. The zero-order valence-corrected chi connectivity index (χ0v) is 17.7. The first kappa shape index (κ1) is 21.8. The summed E-state index contributed by atoms with van der Waals surface area (Å²) in [5.74, 6) is -0.436. The summed E-state index contributed by atoms with van der Waals surface area (Å²) in [6.07, 6.45) is 3.05. The predicted octanol–water partition coefficient (Wildman–Crippen LogP) is 3.93. The monoisotopic (exact) mass is 420 g/mol. The third-order valence-corrected chi connectivity index (χ3v) is 4.85. The first-order chi connectivity index (χ1) is 14.9. The van der Waals surface area contributed by atoms with Gasteiger partial charge in [-0.1, -0.05) is 30.9 Å². The third kappa shape index (κ3) is 4.50. The van der Waals surface area contributed by atoms with Gasteiger partial charge in [-0.25, -0.2) is 9.69 Å². The maximum atomic E-state index is 13.1. The van der Waals surface area contributed by atoms with Gasteiger partial charge in [0.25, 0.3) is 11.8 Å². The van der Waals surface area contributed by atoms with Crippen molar-refractivity contribution < 1.29 is 23.9 Å². The maximum Gasteiger partial charge on any atom is 0.335 e. The van der Waals surface area contributed by atoms with Crippen LogP contribution in [-0.2, 0) is 9.59 Å². The summed E-state index contributed by atoms with van der Waals surface area (Å²) in [5.41, 5.74) is 2.55. The predicted molar refractivity (Wildman–Crippen MR) is 118 cm³/mol. The second kappa shape index (κ2) is 9.30. The molecule has 3 rings (SSSR count). The van der Waals surface area contributed by atoms with Crippen LogP contribution in [0.5, 0.6) is 11.5 Å². The van der Waals surface area contributed by atoms with Crippen LogP contribution in [0.25, 0.3) is 6.08 Å². The number of nitrogens with zero attached hydrogens (tertiary/aromatic N) is 1. The summed E-state index contributed by atoms with van der Waals surface area (Å²) >= 11 is 0. The molecule has 2 aromatic rings. The molecule has 7 heteroatoms. The fourth-order valence-electron chi connectivity index (χ4n) is 3.17. The Bertz CT molecular complexity index is 1090. The van der Waals surface area contributed by atoms with Crippen molar-refractivity contribution in [1.82, 2.24) is 5.32 Å². The molecule has 0 aliphatic carbocycles. The summed E-state index contributed by atoms with van der Waals surface area (Å²) in [6, 6.07) is 9.61. The van der Waals surface area contributed by atoms with Gasteiger partial charge in [0.2, 0.25) is 0 Å². The van der Waals surface area contributed by atoms with Crippen LogP contribution >= 0.6 is 0 Å². The number of amides is 4. The molecule has 7 nitrogen and oxygen atoms in total. The van der Waals surface area contributed by atoms with E-state index < -0.39 is 17.8 Å². The number of imide groups is 2. The van der Waals surface area contributed by atoms with Crippen LogP contribution < -0.4 is 19.7 Å². The Morgan fingerprint density at radius 2 is 1.84 bits per heavy atom. The van der Waals surface area contributed by atoms with E-state index in [4.69, 9.17) is 9.47 Å². The van der Waals surface area contributed by atoms with Crippen molar-refractivity contribution in [3.8, 4) is 11.5 Å². The Hall–Kier alpha value is -3.87. The van der Waals surface area contributed by atoms with Crippen molar-refractivity contribution in [3.63, 3.8) is 0 Å². The molecule has 0 unspecified atom stereocenters. The molecule has 160 valence electrons. The Morgan fingerprint density at radius 3 is 2.55 bits per heavy atom. The van der Waals surface area contributed by atoms with Gasteiger partial charge in [0.15, 0.2) is 11.5 Å². The van der Waals surface area contributed by atoms with Gasteiger partial charge in [0, 0.05) is 0 Å². The molecule has 0 saturated carbocycles. The van der Waals surface area contributed by atoms with Crippen LogP contribution in [0, 0.1) is 13.8 Å². The highest BCUT2D eigenvalue weighted by molar-refractivity contribution is 6.39. The normalized spacial score (nSPS) is 15.1. The first-order valence-corrected chi connectivity index (χ1v) is 9.85. The molecule has 0 bridgehead atoms. The van der Waals surface area contributed by atoms with Gasteiger partial charge >= 0.3 is 6.03 Å². The number of hydrogen-bond acceptors (Lipinski definition) is 5. The fourth-order valence-corrected chi connectivity index (χ4v) is 3.17. The van der Waals surface area contributed by atoms with Crippen molar-refractivity contribution >= 4 is 29.6 Å². The van der Waals surface area contributed by atoms with Gasteiger partial charge in [-0.3, -0.25) is 14.9 Å². The summed E-state index contributed by atoms with van der Waals surface area (Å²) in [4.78, 5) is 39.0. The quantitative estimate of drug-likeness (QED) is 0.417. The molecular formula is C24H24N2O5. The minimum absolute atomic E-state index is 0.150. The number of rotatable bonds is 7. The second-order valence-electron chi connectivity index (χ2n) is 6.92.